The Labute approximate surface area is 200 Å². The lowest BCUT2D eigenvalue weighted by Crippen LogP contribution is -2.19. The van der Waals surface area contributed by atoms with E-state index in [0.717, 1.165) is 39.4 Å². The molecule has 7 nitrogen and oxygen atoms in total. The number of rotatable bonds is 6. The molecule has 0 aliphatic carbocycles. The fourth-order valence-electron chi connectivity index (χ4n) is 3.75. The van der Waals surface area contributed by atoms with Gasteiger partial charge in [-0.3, -0.25) is 0 Å². The molecule has 0 atom stereocenters. The van der Waals surface area contributed by atoms with Crippen molar-refractivity contribution in [2.24, 2.45) is 10.3 Å². The van der Waals surface area contributed by atoms with Crippen molar-refractivity contribution in [2.45, 2.75) is 59.9 Å². The molecule has 1 aromatic carbocycles. The Kier molecular flexibility index (Phi) is 7.54. The molecule has 0 aliphatic heterocycles. The monoisotopic (exact) mass is 487 g/mol. The highest BCUT2D eigenvalue weighted by Gasteiger charge is 2.21. The predicted molar refractivity (Wildman–Crippen MR) is 130 cm³/mol. The van der Waals surface area contributed by atoms with Crippen LogP contribution in [0.15, 0.2) is 41.0 Å². The molecule has 1 amide bonds. The summed E-state index contributed by atoms with van der Waals surface area (Å²) in [4.78, 5) is 17.5. The third kappa shape index (κ3) is 6.39. The van der Waals surface area contributed by atoms with Crippen LogP contribution in [0.1, 0.15) is 56.4 Å². The van der Waals surface area contributed by atoms with Gasteiger partial charge in [0.15, 0.2) is 5.06 Å². The zero-order chi connectivity index (χ0) is 24.3. The van der Waals surface area contributed by atoms with E-state index in [4.69, 9.17) is 4.74 Å². The van der Waals surface area contributed by atoms with Crippen LogP contribution in [0.25, 0.3) is 11.1 Å². The van der Waals surface area contributed by atoms with Crippen LogP contribution in [0.2, 0.25) is 0 Å². The highest BCUT2D eigenvalue weighted by Crippen LogP contribution is 2.41. The van der Waals surface area contributed by atoms with Crippen molar-refractivity contribution in [3.05, 3.63) is 58.5 Å². The summed E-state index contributed by atoms with van der Waals surface area (Å²) < 4.78 is 31.9. The van der Waals surface area contributed by atoms with Crippen molar-refractivity contribution < 1.29 is 17.9 Å². The van der Waals surface area contributed by atoms with Gasteiger partial charge in [0.05, 0.1) is 0 Å². The van der Waals surface area contributed by atoms with Gasteiger partial charge in [-0.05, 0) is 42.0 Å². The maximum Gasteiger partial charge on any atom is 0.455 e. The number of hydrogen-bond acceptors (Lipinski definition) is 6. The van der Waals surface area contributed by atoms with Crippen molar-refractivity contribution >= 4 is 27.9 Å². The van der Waals surface area contributed by atoms with E-state index in [1.807, 2.05) is 31.5 Å². The molecule has 0 saturated heterocycles. The molecule has 0 spiro atoms. The summed E-state index contributed by atoms with van der Waals surface area (Å²) in [6.07, 6.45) is 3.49. The molecule has 0 unspecified atom stereocenters. The van der Waals surface area contributed by atoms with Gasteiger partial charge in [-0.2, -0.15) is 8.42 Å². The molecule has 0 N–H and O–H groups in total. The van der Waals surface area contributed by atoms with Crippen LogP contribution in [-0.4, -0.2) is 24.1 Å². The zero-order valence-electron chi connectivity index (χ0n) is 19.7. The lowest BCUT2D eigenvalue weighted by molar-refractivity contribution is 0.213. The molecular weight excluding hydrogens is 458 g/mol. The molecule has 176 valence electrons. The van der Waals surface area contributed by atoms with E-state index in [-0.39, 0.29) is 5.41 Å². The fourth-order valence-corrected chi connectivity index (χ4v) is 5.14. The molecule has 3 rings (SSSR count). The summed E-state index contributed by atoms with van der Waals surface area (Å²) >= 11 is 1.34. The lowest BCUT2D eigenvalue weighted by Gasteiger charge is -2.20. The Morgan fingerprint density at radius 3 is 2.55 bits per heavy atom. The zero-order valence-corrected chi connectivity index (χ0v) is 21.4. The lowest BCUT2D eigenvalue weighted by atomic mass is 9.95. The first-order valence-electron chi connectivity index (χ1n) is 10.7. The summed E-state index contributed by atoms with van der Waals surface area (Å²) in [5, 5.41) is 0.352. The van der Waals surface area contributed by atoms with Gasteiger partial charge in [-0.25, -0.2) is 9.78 Å². The van der Waals surface area contributed by atoms with Gasteiger partial charge in [0.2, 0.25) is 0 Å². The number of imidazole rings is 1. The van der Waals surface area contributed by atoms with E-state index in [1.165, 1.54) is 11.3 Å². The molecule has 9 heteroatoms. The number of thiophene rings is 1. The maximum atomic E-state index is 11.9. The minimum atomic E-state index is -2.86. The predicted octanol–water partition coefficient (Wildman–Crippen LogP) is 6.03. The molecule has 0 saturated carbocycles. The van der Waals surface area contributed by atoms with Crippen LogP contribution < -0.4 is 4.74 Å². The number of aryl methyl sites for hydroxylation is 1. The normalized spacial score (nSPS) is 11.6. The van der Waals surface area contributed by atoms with Gasteiger partial charge in [-0.15, -0.1) is 11.3 Å². The van der Waals surface area contributed by atoms with Crippen molar-refractivity contribution in [2.75, 3.05) is 0 Å². The summed E-state index contributed by atoms with van der Waals surface area (Å²) in [6.45, 7) is 13.4. The summed E-state index contributed by atoms with van der Waals surface area (Å²) in [6, 6.07) is 8.19. The number of nitrogens with zero attached hydrogens (tertiary/aromatic N) is 3. The molecule has 0 bridgehead atoms. The number of hydrogen-bond donors (Lipinski definition) is 0. The Hall–Kier alpha value is -2.78. The van der Waals surface area contributed by atoms with Gasteiger partial charge >= 0.3 is 16.6 Å². The van der Waals surface area contributed by atoms with Crippen LogP contribution in [0.5, 0.6) is 5.06 Å². The maximum absolute atomic E-state index is 11.9. The third-order valence-electron chi connectivity index (χ3n) is 5.01. The first kappa shape index (κ1) is 24.9. The van der Waals surface area contributed by atoms with Gasteiger partial charge < -0.3 is 9.30 Å². The van der Waals surface area contributed by atoms with Crippen LogP contribution in [-0.2, 0) is 28.9 Å². The van der Waals surface area contributed by atoms with E-state index in [0.29, 0.717) is 17.5 Å². The SMILES string of the molecule is Cc1cc(Cn2ccnc2C(C)(C)C)ccc1-c1cc(CC(C)C)sc1OC(=O)N=S(=O)=O. The second-order valence-corrected chi connectivity index (χ2v) is 11.2. The fraction of sp³-hybridized carbons (Fsp3) is 0.417. The summed E-state index contributed by atoms with van der Waals surface area (Å²) in [7, 11) is -2.86. The average molecular weight is 488 g/mol. The van der Waals surface area contributed by atoms with Gasteiger partial charge in [0.1, 0.15) is 5.82 Å². The molecule has 0 radical (unpaired) electrons. The molecule has 0 fully saturated rings. The highest BCUT2D eigenvalue weighted by molar-refractivity contribution is 7.62. The Balaban J connectivity index is 1.96. The summed E-state index contributed by atoms with van der Waals surface area (Å²) in [5.41, 5.74) is 3.79. The molecule has 33 heavy (non-hydrogen) atoms. The first-order chi connectivity index (χ1) is 15.4. The van der Waals surface area contributed by atoms with E-state index < -0.39 is 16.6 Å². The Morgan fingerprint density at radius 2 is 1.94 bits per heavy atom. The number of ether oxygens (including phenoxy) is 1. The molecule has 2 heterocycles. The number of benzene rings is 1. The van der Waals surface area contributed by atoms with Crippen LogP contribution in [0.3, 0.4) is 0 Å². The largest absolute Gasteiger partial charge is 0.455 e. The van der Waals surface area contributed by atoms with Crippen molar-refractivity contribution in [1.82, 2.24) is 9.55 Å². The smallest absolute Gasteiger partial charge is 0.396 e. The number of aromatic nitrogens is 2. The third-order valence-corrected chi connectivity index (χ3v) is 6.34. The molecule has 3 aromatic rings. The second-order valence-electron chi connectivity index (χ2n) is 9.47. The van der Waals surface area contributed by atoms with Crippen molar-refractivity contribution in [3.8, 4) is 16.2 Å². The van der Waals surface area contributed by atoms with E-state index >= 15 is 0 Å². The summed E-state index contributed by atoms with van der Waals surface area (Å²) in [5.74, 6) is 1.45. The van der Waals surface area contributed by atoms with Crippen molar-refractivity contribution in [3.63, 3.8) is 0 Å². The standard InChI is InChI=1S/C24H29N3O4S2/c1-15(2)11-18-13-20(21(32-18)31-23(28)26-33(29)30)19-8-7-17(12-16(19)3)14-27-10-9-25-22(27)24(4,5)6/h7-10,12-13,15H,11,14H2,1-6H3. The molecule has 0 aliphatic rings. The van der Waals surface area contributed by atoms with E-state index in [1.54, 1.807) is 0 Å². The topological polar surface area (TPSA) is 90.6 Å². The van der Waals surface area contributed by atoms with Gasteiger partial charge in [0.25, 0.3) is 0 Å². The van der Waals surface area contributed by atoms with Crippen LogP contribution in [0, 0.1) is 12.8 Å². The average Bonchev–Trinajstić information content (AvgIpc) is 3.27. The van der Waals surface area contributed by atoms with Crippen molar-refractivity contribution in [1.29, 1.82) is 0 Å². The molecular formula is C24H29N3O4S2. The second kappa shape index (κ2) is 10.0. The van der Waals surface area contributed by atoms with Crippen LogP contribution in [0.4, 0.5) is 4.79 Å². The number of amides is 1. The molecule has 2 aromatic heterocycles. The Bertz CT molecular complexity index is 1290. The van der Waals surface area contributed by atoms with Gasteiger partial charge in [-0.1, -0.05) is 57.2 Å². The van der Waals surface area contributed by atoms with E-state index in [2.05, 4.69) is 60.7 Å². The quantitative estimate of drug-likeness (QED) is 0.424. The Morgan fingerprint density at radius 1 is 1.21 bits per heavy atom. The first-order valence-corrected chi connectivity index (χ1v) is 12.6. The minimum Gasteiger partial charge on any atom is -0.396 e. The number of carbonyl (C=O) groups is 1. The van der Waals surface area contributed by atoms with E-state index in [9.17, 15) is 13.2 Å². The minimum absolute atomic E-state index is 0.0560. The van der Waals surface area contributed by atoms with Crippen LogP contribution >= 0.6 is 11.3 Å². The van der Waals surface area contributed by atoms with Gasteiger partial charge in [0, 0.05) is 34.8 Å². The number of carbonyl (C=O) groups excluding carboxylic acids is 1. The highest BCUT2D eigenvalue weighted by atomic mass is 32.2.